The lowest BCUT2D eigenvalue weighted by molar-refractivity contribution is 0.0348. The number of aromatic nitrogens is 1. The summed E-state index contributed by atoms with van der Waals surface area (Å²) in [5.41, 5.74) is 2.30. The van der Waals surface area contributed by atoms with Crippen molar-refractivity contribution in [2.24, 2.45) is 5.92 Å². The van der Waals surface area contributed by atoms with Crippen LogP contribution in [0.1, 0.15) is 24.2 Å². The number of hydrogen-bond donors (Lipinski definition) is 1. The molecule has 2 heterocycles. The third kappa shape index (κ3) is 4.34. The van der Waals surface area contributed by atoms with Crippen LogP contribution in [0.3, 0.4) is 0 Å². The van der Waals surface area contributed by atoms with E-state index in [-0.39, 0.29) is 30.6 Å². The van der Waals surface area contributed by atoms with E-state index in [1.807, 2.05) is 57.4 Å². The molecule has 0 saturated carbocycles. The second-order valence-corrected chi connectivity index (χ2v) is 7.83. The van der Waals surface area contributed by atoms with Gasteiger partial charge in [0, 0.05) is 30.8 Å². The molecular weight excluding hydrogens is 354 g/mol. The molecule has 1 aliphatic heterocycles. The summed E-state index contributed by atoms with van der Waals surface area (Å²) in [6.07, 6.45) is 1.64. The molecule has 3 rings (SSSR count). The van der Waals surface area contributed by atoms with Crippen molar-refractivity contribution >= 4 is 5.91 Å². The van der Waals surface area contributed by atoms with E-state index in [9.17, 15) is 9.90 Å². The van der Waals surface area contributed by atoms with Crippen molar-refractivity contribution in [1.82, 2.24) is 14.8 Å². The molecule has 0 radical (unpaired) electrons. The highest BCUT2D eigenvalue weighted by Gasteiger charge is 2.33. The van der Waals surface area contributed by atoms with Crippen molar-refractivity contribution in [2.45, 2.75) is 26.0 Å². The summed E-state index contributed by atoms with van der Waals surface area (Å²) in [6.45, 7) is 5.09. The van der Waals surface area contributed by atoms with Gasteiger partial charge in [0.15, 0.2) is 0 Å². The average Bonchev–Trinajstić information content (AvgIpc) is 2.70. The number of fused-ring (bicyclic) bond motifs is 1. The maximum Gasteiger partial charge on any atom is 0.259 e. The van der Waals surface area contributed by atoms with Gasteiger partial charge < -0.3 is 19.6 Å². The molecule has 1 N–H and O–H groups in total. The number of benzene rings is 1. The Hall–Kier alpha value is -2.44. The molecule has 0 bridgehead atoms. The monoisotopic (exact) mass is 383 g/mol. The summed E-state index contributed by atoms with van der Waals surface area (Å²) in [7, 11) is 4.00. The number of nitrogens with zero attached hydrogens (tertiary/aromatic N) is 3. The first-order valence-corrected chi connectivity index (χ1v) is 9.69. The van der Waals surface area contributed by atoms with Crippen LogP contribution in [0.25, 0.3) is 11.1 Å². The SMILES string of the molecule is C[C@H]1CN([C@@H](C)CO)C(=O)c2cc(-c3ccccc3)cnc2O[C@@H]1CN(C)C. The van der Waals surface area contributed by atoms with Gasteiger partial charge in [0.25, 0.3) is 5.91 Å². The van der Waals surface area contributed by atoms with Crippen molar-refractivity contribution in [3.8, 4) is 17.0 Å². The minimum absolute atomic E-state index is 0.0845. The molecule has 1 aliphatic rings. The van der Waals surface area contributed by atoms with Crippen molar-refractivity contribution in [3.63, 3.8) is 0 Å². The van der Waals surface area contributed by atoms with E-state index in [0.717, 1.165) is 17.7 Å². The van der Waals surface area contributed by atoms with Crippen molar-refractivity contribution in [3.05, 3.63) is 48.2 Å². The summed E-state index contributed by atoms with van der Waals surface area (Å²) < 4.78 is 6.22. The molecule has 1 aromatic carbocycles. The number of pyridine rings is 1. The molecule has 0 fully saturated rings. The van der Waals surface area contributed by atoms with Crippen LogP contribution in [0, 0.1) is 5.92 Å². The third-order valence-corrected chi connectivity index (χ3v) is 5.17. The van der Waals surface area contributed by atoms with E-state index >= 15 is 0 Å². The minimum atomic E-state index is -0.277. The first kappa shape index (κ1) is 20.3. The molecule has 6 heteroatoms. The number of amides is 1. The summed E-state index contributed by atoms with van der Waals surface area (Å²) in [4.78, 5) is 21.7. The normalized spacial score (nSPS) is 20.9. The molecule has 0 unspecified atom stereocenters. The molecule has 6 nitrogen and oxygen atoms in total. The van der Waals surface area contributed by atoms with Crippen molar-refractivity contribution < 1.29 is 14.6 Å². The van der Waals surface area contributed by atoms with E-state index < -0.39 is 0 Å². The van der Waals surface area contributed by atoms with Gasteiger partial charge in [0.05, 0.1) is 12.6 Å². The third-order valence-electron chi connectivity index (χ3n) is 5.17. The molecular formula is C22H29N3O3. The van der Waals surface area contributed by atoms with Gasteiger partial charge in [-0.3, -0.25) is 4.79 Å². The smallest absolute Gasteiger partial charge is 0.259 e. The quantitative estimate of drug-likeness (QED) is 0.860. The van der Waals surface area contributed by atoms with E-state index in [2.05, 4.69) is 16.8 Å². The van der Waals surface area contributed by atoms with E-state index in [0.29, 0.717) is 18.0 Å². The number of carbonyl (C=O) groups is 1. The maximum absolute atomic E-state index is 13.3. The summed E-state index contributed by atoms with van der Waals surface area (Å²) in [5.74, 6) is 0.305. The van der Waals surface area contributed by atoms with E-state index in [4.69, 9.17) is 4.74 Å². The highest BCUT2D eigenvalue weighted by Crippen LogP contribution is 2.30. The number of aliphatic hydroxyl groups is 1. The first-order chi connectivity index (χ1) is 13.4. The number of hydrogen-bond acceptors (Lipinski definition) is 5. The fraction of sp³-hybridized carbons (Fsp3) is 0.455. The number of rotatable bonds is 5. The number of carbonyl (C=O) groups excluding carboxylic acids is 1. The summed E-state index contributed by atoms with van der Waals surface area (Å²) in [6, 6.07) is 11.4. The molecule has 3 atom stereocenters. The number of aliphatic hydroxyl groups excluding tert-OH is 1. The van der Waals surface area contributed by atoms with Crippen molar-refractivity contribution in [2.75, 3.05) is 33.8 Å². The zero-order valence-electron chi connectivity index (χ0n) is 17.0. The lowest BCUT2D eigenvalue weighted by Crippen LogP contribution is -2.49. The van der Waals surface area contributed by atoms with E-state index in [1.54, 1.807) is 11.1 Å². The Kier molecular flexibility index (Phi) is 6.31. The molecule has 1 aromatic heterocycles. The Morgan fingerprint density at radius 1 is 1.29 bits per heavy atom. The van der Waals surface area contributed by atoms with Crippen LogP contribution in [-0.2, 0) is 0 Å². The van der Waals surface area contributed by atoms with Gasteiger partial charge in [0.2, 0.25) is 5.88 Å². The van der Waals surface area contributed by atoms with Crippen LogP contribution in [0.5, 0.6) is 5.88 Å². The first-order valence-electron chi connectivity index (χ1n) is 9.69. The lowest BCUT2D eigenvalue weighted by atomic mass is 9.99. The van der Waals surface area contributed by atoms with Gasteiger partial charge in [-0.15, -0.1) is 0 Å². The Bertz CT molecular complexity index is 810. The standard InChI is InChI=1S/C22H29N3O3/c1-15-12-25(16(2)14-26)22(27)19-10-18(17-8-6-5-7-9-17)11-23-21(19)28-20(15)13-24(3)4/h5-11,15-16,20,26H,12-14H2,1-4H3/t15-,16-,20+/m0/s1. The molecule has 1 amide bonds. The van der Waals surface area contributed by atoms with Crippen LogP contribution >= 0.6 is 0 Å². The molecule has 0 spiro atoms. The Morgan fingerprint density at radius 2 is 2.00 bits per heavy atom. The number of ether oxygens (including phenoxy) is 1. The predicted molar refractivity (Wildman–Crippen MR) is 109 cm³/mol. The highest BCUT2D eigenvalue weighted by atomic mass is 16.5. The topological polar surface area (TPSA) is 65.9 Å². The zero-order chi connectivity index (χ0) is 20.3. The average molecular weight is 383 g/mol. The summed E-state index contributed by atoms with van der Waals surface area (Å²) in [5, 5.41) is 9.70. The maximum atomic E-state index is 13.3. The van der Waals surface area contributed by atoms with Crippen LogP contribution < -0.4 is 4.74 Å². The molecule has 0 aliphatic carbocycles. The molecule has 150 valence electrons. The van der Waals surface area contributed by atoms with Crippen LogP contribution in [0.4, 0.5) is 0 Å². The summed E-state index contributed by atoms with van der Waals surface area (Å²) >= 11 is 0. The Morgan fingerprint density at radius 3 is 2.64 bits per heavy atom. The Labute approximate surface area is 166 Å². The largest absolute Gasteiger partial charge is 0.472 e. The number of likely N-dealkylation sites (N-methyl/N-ethyl adjacent to an activating group) is 1. The fourth-order valence-electron chi connectivity index (χ4n) is 3.47. The van der Waals surface area contributed by atoms with Crippen LogP contribution in [-0.4, -0.2) is 71.7 Å². The van der Waals surface area contributed by atoms with Crippen LogP contribution in [0.2, 0.25) is 0 Å². The van der Waals surface area contributed by atoms with E-state index in [1.165, 1.54) is 0 Å². The van der Waals surface area contributed by atoms with Gasteiger partial charge in [-0.25, -0.2) is 4.98 Å². The second kappa shape index (κ2) is 8.71. The van der Waals surface area contributed by atoms with Gasteiger partial charge in [-0.05, 0) is 32.6 Å². The fourth-order valence-corrected chi connectivity index (χ4v) is 3.47. The lowest BCUT2D eigenvalue weighted by Gasteiger charge is -2.37. The minimum Gasteiger partial charge on any atom is -0.472 e. The predicted octanol–water partition coefficient (Wildman–Crippen LogP) is 2.53. The van der Waals surface area contributed by atoms with Gasteiger partial charge in [0.1, 0.15) is 11.7 Å². The molecule has 2 aromatic rings. The highest BCUT2D eigenvalue weighted by molar-refractivity contribution is 5.98. The van der Waals surface area contributed by atoms with Crippen molar-refractivity contribution in [1.29, 1.82) is 0 Å². The van der Waals surface area contributed by atoms with Gasteiger partial charge >= 0.3 is 0 Å². The van der Waals surface area contributed by atoms with Gasteiger partial charge in [-0.2, -0.15) is 0 Å². The molecule has 0 saturated heterocycles. The molecule has 28 heavy (non-hydrogen) atoms. The van der Waals surface area contributed by atoms with Crippen LogP contribution in [0.15, 0.2) is 42.6 Å². The second-order valence-electron chi connectivity index (χ2n) is 7.83. The zero-order valence-corrected chi connectivity index (χ0v) is 17.0. The Balaban J connectivity index is 2.06. The van der Waals surface area contributed by atoms with Gasteiger partial charge in [-0.1, -0.05) is 37.3 Å².